The largest absolute Gasteiger partial charge is 0.276 e. The second-order valence-electron chi connectivity index (χ2n) is 4.88. The van der Waals surface area contributed by atoms with Crippen LogP contribution in [0.25, 0.3) is 5.69 Å². The minimum atomic E-state index is 0.782. The molecule has 1 aromatic carbocycles. The van der Waals surface area contributed by atoms with Crippen LogP contribution >= 0.6 is 11.8 Å². The SMILES string of the molecule is Cc1ccc(-n2cnnc2SCc2ccccn2)c(C)c1. The Morgan fingerprint density at radius 2 is 2.05 bits per heavy atom. The molecular formula is C16H16N4S. The summed E-state index contributed by atoms with van der Waals surface area (Å²) in [5.41, 5.74) is 4.63. The summed E-state index contributed by atoms with van der Waals surface area (Å²) in [7, 11) is 0. The molecule has 3 aromatic rings. The predicted octanol–water partition coefficient (Wildman–Crippen LogP) is 3.57. The first kappa shape index (κ1) is 13.8. The highest BCUT2D eigenvalue weighted by atomic mass is 32.2. The molecule has 0 saturated carbocycles. The zero-order valence-corrected chi connectivity index (χ0v) is 12.8. The molecule has 0 fully saturated rings. The first-order chi connectivity index (χ1) is 10.2. The Balaban J connectivity index is 1.84. The van der Waals surface area contributed by atoms with Crippen molar-refractivity contribution in [3.63, 3.8) is 0 Å². The number of thioether (sulfide) groups is 1. The van der Waals surface area contributed by atoms with Gasteiger partial charge in [0.05, 0.1) is 11.4 Å². The summed E-state index contributed by atoms with van der Waals surface area (Å²) >= 11 is 1.64. The van der Waals surface area contributed by atoms with Crippen LogP contribution in [0, 0.1) is 13.8 Å². The predicted molar refractivity (Wildman–Crippen MR) is 84.6 cm³/mol. The van der Waals surface area contributed by atoms with Gasteiger partial charge in [0, 0.05) is 11.9 Å². The zero-order valence-electron chi connectivity index (χ0n) is 12.0. The lowest BCUT2D eigenvalue weighted by molar-refractivity contribution is 0.876. The topological polar surface area (TPSA) is 43.6 Å². The van der Waals surface area contributed by atoms with Crippen LogP contribution in [0.1, 0.15) is 16.8 Å². The number of hydrogen-bond donors (Lipinski definition) is 0. The van der Waals surface area contributed by atoms with Crippen LogP contribution < -0.4 is 0 Å². The molecule has 0 aliphatic rings. The second kappa shape index (κ2) is 6.10. The van der Waals surface area contributed by atoms with Crippen molar-refractivity contribution in [2.24, 2.45) is 0 Å². The van der Waals surface area contributed by atoms with Gasteiger partial charge in [0.25, 0.3) is 0 Å². The summed E-state index contributed by atoms with van der Waals surface area (Å²) in [5, 5.41) is 9.15. The van der Waals surface area contributed by atoms with Gasteiger partial charge >= 0.3 is 0 Å². The smallest absolute Gasteiger partial charge is 0.196 e. The molecule has 2 aromatic heterocycles. The van der Waals surface area contributed by atoms with Crippen LogP contribution in [0.5, 0.6) is 0 Å². The number of hydrogen-bond acceptors (Lipinski definition) is 4. The molecule has 4 nitrogen and oxygen atoms in total. The third kappa shape index (κ3) is 3.13. The molecule has 5 heteroatoms. The number of aryl methyl sites for hydroxylation is 2. The van der Waals surface area contributed by atoms with E-state index < -0.39 is 0 Å². The van der Waals surface area contributed by atoms with Gasteiger partial charge in [0.2, 0.25) is 0 Å². The lowest BCUT2D eigenvalue weighted by atomic mass is 10.1. The molecule has 0 N–H and O–H groups in total. The van der Waals surface area contributed by atoms with Crippen molar-refractivity contribution in [2.45, 2.75) is 24.8 Å². The minimum absolute atomic E-state index is 0.782. The highest BCUT2D eigenvalue weighted by Crippen LogP contribution is 2.24. The van der Waals surface area contributed by atoms with Gasteiger partial charge in [-0.05, 0) is 37.6 Å². The molecule has 0 atom stereocenters. The zero-order chi connectivity index (χ0) is 14.7. The fourth-order valence-electron chi connectivity index (χ4n) is 2.19. The average Bonchev–Trinajstić information content (AvgIpc) is 2.94. The van der Waals surface area contributed by atoms with Gasteiger partial charge in [-0.1, -0.05) is 35.5 Å². The number of aromatic nitrogens is 4. The van der Waals surface area contributed by atoms with Crippen molar-refractivity contribution in [3.8, 4) is 5.69 Å². The Kier molecular flexibility index (Phi) is 4.01. The van der Waals surface area contributed by atoms with E-state index in [-0.39, 0.29) is 0 Å². The minimum Gasteiger partial charge on any atom is -0.276 e. The van der Waals surface area contributed by atoms with Crippen molar-refractivity contribution in [2.75, 3.05) is 0 Å². The Morgan fingerprint density at radius 1 is 1.14 bits per heavy atom. The maximum absolute atomic E-state index is 4.33. The Morgan fingerprint density at radius 3 is 2.81 bits per heavy atom. The van der Waals surface area contributed by atoms with E-state index in [1.165, 1.54) is 11.1 Å². The molecule has 0 radical (unpaired) electrons. The Hall–Kier alpha value is -2.14. The van der Waals surface area contributed by atoms with Gasteiger partial charge in [-0.15, -0.1) is 10.2 Å². The van der Waals surface area contributed by atoms with Gasteiger partial charge in [-0.3, -0.25) is 9.55 Å². The molecule has 0 bridgehead atoms. The van der Waals surface area contributed by atoms with Gasteiger partial charge in [-0.2, -0.15) is 0 Å². The normalized spacial score (nSPS) is 10.8. The van der Waals surface area contributed by atoms with Crippen LogP contribution in [0.2, 0.25) is 0 Å². The first-order valence-electron chi connectivity index (χ1n) is 6.74. The van der Waals surface area contributed by atoms with Gasteiger partial charge in [-0.25, -0.2) is 0 Å². The summed E-state index contributed by atoms with van der Waals surface area (Å²) in [6.45, 7) is 4.20. The van der Waals surface area contributed by atoms with Crippen LogP contribution in [0.3, 0.4) is 0 Å². The molecule has 0 saturated heterocycles. The maximum atomic E-state index is 4.33. The van der Waals surface area contributed by atoms with Crippen LogP contribution in [0.4, 0.5) is 0 Å². The molecule has 0 amide bonds. The van der Waals surface area contributed by atoms with Crippen molar-refractivity contribution in [1.29, 1.82) is 0 Å². The number of nitrogens with zero attached hydrogens (tertiary/aromatic N) is 4. The van der Waals surface area contributed by atoms with Crippen molar-refractivity contribution in [3.05, 3.63) is 65.7 Å². The van der Waals surface area contributed by atoms with E-state index in [4.69, 9.17) is 0 Å². The van der Waals surface area contributed by atoms with Crippen molar-refractivity contribution >= 4 is 11.8 Å². The van der Waals surface area contributed by atoms with E-state index in [0.29, 0.717) is 0 Å². The van der Waals surface area contributed by atoms with E-state index in [1.807, 2.05) is 29.0 Å². The monoisotopic (exact) mass is 296 g/mol. The van der Waals surface area contributed by atoms with E-state index in [9.17, 15) is 0 Å². The summed E-state index contributed by atoms with van der Waals surface area (Å²) in [4.78, 5) is 4.33. The van der Waals surface area contributed by atoms with Gasteiger partial charge < -0.3 is 0 Å². The summed E-state index contributed by atoms with van der Waals surface area (Å²) in [6, 6.07) is 12.3. The fourth-order valence-corrected chi connectivity index (χ4v) is 3.02. The molecule has 0 aliphatic carbocycles. The molecule has 106 valence electrons. The Bertz CT molecular complexity index is 737. The lowest BCUT2D eigenvalue weighted by Crippen LogP contribution is -1.98. The van der Waals surface area contributed by atoms with Crippen molar-refractivity contribution < 1.29 is 0 Å². The summed E-state index contributed by atoms with van der Waals surface area (Å²) < 4.78 is 2.03. The molecule has 2 heterocycles. The Labute approximate surface area is 128 Å². The number of benzene rings is 1. The summed E-state index contributed by atoms with van der Waals surface area (Å²) in [5.74, 6) is 0.782. The number of pyridine rings is 1. The summed E-state index contributed by atoms with van der Waals surface area (Å²) in [6.07, 6.45) is 3.57. The maximum Gasteiger partial charge on any atom is 0.196 e. The van der Waals surface area contributed by atoms with Crippen LogP contribution in [-0.2, 0) is 5.75 Å². The average molecular weight is 296 g/mol. The molecule has 3 rings (SSSR count). The molecule has 21 heavy (non-hydrogen) atoms. The highest BCUT2D eigenvalue weighted by Gasteiger charge is 2.09. The van der Waals surface area contributed by atoms with Crippen LogP contribution in [-0.4, -0.2) is 19.7 Å². The van der Waals surface area contributed by atoms with E-state index >= 15 is 0 Å². The van der Waals surface area contributed by atoms with Crippen molar-refractivity contribution in [1.82, 2.24) is 19.7 Å². The first-order valence-corrected chi connectivity index (χ1v) is 7.73. The quantitative estimate of drug-likeness (QED) is 0.690. The van der Waals surface area contributed by atoms with Gasteiger partial charge in [0.1, 0.15) is 6.33 Å². The third-order valence-electron chi connectivity index (χ3n) is 3.20. The van der Waals surface area contributed by atoms with E-state index in [0.717, 1.165) is 22.3 Å². The third-order valence-corrected chi connectivity index (χ3v) is 4.18. The lowest BCUT2D eigenvalue weighted by Gasteiger charge is -2.10. The fraction of sp³-hybridized carbons (Fsp3) is 0.188. The second-order valence-corrected chi connectivity index (χ2v) is 5.83. The standard InChI is InChI=1S/C16H16N4S/c1-12-6-7-15(13(2)9-12)20-11-18-19-16(20)21-10-14-5-3-4-8-17-14/h3-9,11H,10H2,1-2H3. The molecule has 0 unspecified atom stereocenters. The highest BCUT2D eigenvalue weighted by molar-refractivity contribution is 7.98. The molecular weight excluding hydrogens is 280 g/mol. The van der Waals surface area contributed by atoms with Crippen LogP contribution in [0.15, 0.2) is 54.1 Å². The number of rotatable bonds is 4. The van der Waals surface area contributed by atoms with E-state index in [1.54, 1.807) is 18.1 Å². The van der Waals surface area contributed by atoms with Gasteiger partial charge in [0.15, 0.2) is 5.16 Å². The molecule has 0 spiro atoms. The van der Waals surface area contributed by atoms with E-state index in [2.05, 4.69) is 47.2 Å². The molecule has 0 aliphatic heterocycles.